The smallest absolute Gasteiger partial charge is 0.261 e. The summed E-state index contributed by atoms with van der Waals surface area (Å²) in [5.41, 5.74) is 2.67. The minimum atomic E-state index is -0.604. The van der Waals surface area contributed by atoms with Gasteiger partial charge in [-0.15, -0.1) is 0 Å². The summed E-state index contributed by atoms with van der Waals surface area (Å²) in [7, 11) is 1.63. The Morgan fingerprint density at radius 3 is 2.68 bits per heavy atom. The second kappa shape index (κ2) is 7.74. The topological polar surface area (TPSA) is 56.8 Å². The lowest BCUT2D eigenvalue weighted by molar-refractivity contribution is -0.128. The van der Waals surface area contributed by atoms with Crippen LogP contribution < -0.4 is 19.5 Å². The van der Waals surface area contributed by atoms with E-state index in [0.717, 1.165) is 33.9 Å². The van der Waals surface area contributed by atoms with Crippen LogP contribution in [0.25, 0.3) is 0 Å². The van der Waals surface area contributed by atoms with Crippen LogP contribution in [0.1, 0.15) is 49.9 Å². The summed E-state index contributed by atoms with van der Waals surface area (Å²) in [5.74, 6) is 2.06. The molecule has 0 radical (unpaired) electrons. The molecule has 1 aliphatic heterocycles. The fourth-order valence-corrected chi connectivity index (χ4v) is 3.45. The van der Waals surface area contributed by atoms with Crippen LogP contribution in [0.15, 0.2) is 36.4 Å². The first-order valence-electron chi connectivity index (χ1n) is 9.60. The number of nitrogens with one attached hydrogen (secondary N) is 1. The number of hydrogen-bond acceptors (Lipinski definition) is 4. The standard InChI is InChI=1S/C23H29NO4/c1-14-7-8-15(2)20(11-14)27-16(3)22(25)24-19-13-23(4,5)28-21-12-17(26-6)9-10-18(19)21/h7-12,16,19H,13H2,1-6H3,(H,24,25)/t16-,19+/m1/s1. The van der Waals surface area contributed by atoms with Crippen molar-refractivity contribution in [2.75, 3.05) is 7.11 Å². The summed E-state index contributed by atoms with van der Waals surface area (Å²) in [6, 6.07) is 11.5. The van der Waals surface area contributed by atoms with Gasteiger partial charge in [-0.05, 0) is 63.9 Å². The highest BCUT2D eigenvalue weighted by atomic mass is 16.5. The summed E-state index contributed by atoms with van der Waals surface area (Å²) < 4.78 is 17.3. The van der Waals surface area contributed by atoms with E-state index in [2.05, 4.69) is 5.32 Å². The Balaban J connectivity index is 1.77. The molecular weight excluding hydrogens is 354 g/mol. The summed E-state index contributed by atoms with van der Waals surface area (Å²) in [6.45, 7) is 9.79. The van der Waals surface area contributed by atoms with Gasteiger partial charge < -0.3 is 19.5 Å². The monoisotopic (exact) mass is 383 g/mol. The van der Waals surface area contributed by atoms with Crippen LogP contribution in [0, 0.1) is 13.8 Å². The quantitative estimate of drug-likeness (QED) is 0.826. The number of ether oxygens (including phenoxy) is 3. The van der Waals surface area contributed by atoms with Crippen LogP contribution in [0.3, 0.4) is 0 Å². The average molecular weight is 383 g/mol. The molecule has 0 spiro atoms. The van der Waals surface area contributed by atoms with Crippen LogP contribution >= 0.6 is 0 Å². The van der Waals surface area contributed by atoms with Crippen LogP contribution in [0.2, 0.25) is 0 Å². The molecule has 0 saturated carbocycles. The molecule has 0 bridgehead atoms. The highest BCUT2D eigenvalue weighted by Gasteiger charge is 2.35. The van der Waals surface area contributed by atoms with Crippen LogP contribution in [0.4, 0.5) is 0 Å². The maximum atomic E-state index is 12.9. The molecule has 2 aromatic carbocycles. The van der Waals surface area contributed by atoms with Crippen LogP contribution in [-0.2, 0) is 4.79 Å². The van der Waals surface area contributed by atoms with Gasteiger partial charge in [0.25, 0.3) is 5.91 Å². The van der Waals surface area contributed by atoms with E-state index in [1.807, 2.05) is 64.1 Å². The number of aryl methyl sites for hydroxylation is 2. The summed E-state index contributed by atoms with van der Waals surface area (Å²) >= 11 is 0. The fourth-order valence-electron chi connectivity index (χ4n) is 3.45. The Morgan fingerprint density at radius 2 is 1.96 bits per heavy atom. The number of rotatable bonds is 5. The van der Waals surface area contributed by atoms with Gasteiger partial charge in [0.2, 0.25) is 0 Å². The zero-order valence-corrected chi connectivity index (χ0v) is 17.5. The Kier molecular flexibility index (Phi) is 5.54. The number of fused-ring (bicyclic) bond motifs is 1. The lowest BCUT2D eigenvalue weighted by atomic mass is 9.89. The van der Waals surface area contributed by atoms with Gasteiger partial charge in [-0.2, -0.15) is 0 Å². The van der Waals surface area contributed by atoms with E-state index in [1.165, 1.54) is 0 Å². The van der Waals surface area contributed by atoms with Gasteiger partial charge in [0.15, 0.2) is 6.10 Å². The van der Waals surface area contributed by atoms with Crippen molar-refractivity contribution in [2.24, 2.45) is 0 Å². The molecule has 2 atom stereocenters. The normalized spacial score (nSPS) is 18.4. The first-order valence-corrected chi connectivity index (χ1v) is 9.60. The van der Waals surface area contributed by atoms with Gasteiger partial charge in [0.1, 0.15) is 22.8 Å². The molecule has 0 fully saturated rings. The second-order valence-electron chi connectivity index (χ2n) is 8.06. The average Bonchev–Trinajstić information content (AvgIpc) is 2.63. The molecule has 0 saturated heterocycles. The van der Waals surface area contributed by atoms with E-state index in [9.17, 15) is 4.79 Å². The van der Waals surface area contributed by atoms with E-state index < -0.39 is 11.7 Å². The van der Waals surface area contributed by atoms with Crippen LogP contribution in [0.5, 0.6) is 17.2 Å². The Morgan fingerprint density at radius 1 is 1.21 bits per heavy atom. The van der Waals surface area contributed by atoms with E-state index in [-0.39, 0.29) is 11.9 Å². The van der Waals surface area contributed by atoms with Crippen molar-refractivity contribution in [1.29, 1.82) is 0 Å². The number of carbonyl (C=O) groups is 1. The van der Waals surface area contributed by atoms with Gasteiger partial charge in [-0.1, -0.05) is 12.1 Å². The SMILES string of the molecule is COc1ccc2c(c1)OC(C)(C)C[C@@H]2NC(=O)[C@@H](C)Oc1cc(C)ccc1C. The second-order valence-corrected chi connectivity index (χ2v) is 8.06. The lowest BCUT2D eigenvalue weighted by Gasteiger charge is -2.38. The van der Waals surface area contributed by atoms with E-state index in [4.69, 9.17) is 14.2 Å². The number of carbonyl (C=O) groups excluding carboxylic acids is 1. The third-order valence-electron chi connectivity index (χ3n) is 5.01. The lowest BCUT2D eigenvalue weighted by Crippen LogP contribution is -2.44. The van der Waals surface area contributed by atoms with Gasteiger partial charge >= 0.3 is 0 Å². The molecule has 5 nitrogen and oxygen atoms in total. The summed E-state index contributed by atoms with van der Waals surface area (Å²) in [4.78, 5) is 12.9. The minimum Gasteiger partial charge on any atom is -0.497 e. The predicted molar refractivity (Wildman–Crippen MR) is 109 cm³/mol. The van der Waals surface area contributed by atoms with Gasteiger partial charge in [-0.3, -0.25) is 4.79 Å². The molecule has 5 heteroatoms. The van der Waals surface area contributed by atoms with E-state index >= 15 is 0 Å². The van der Waals surface area contributed by atoms with Gasteiger partial charge in [-0.25, -0.2) is 0 Å². The highest BCUT2D eigenvalue weighted by molar-refractivity contribution is 5.81. The van der Waals surface area contributed by atoms with Crippen molar-refractivity contribution < 1.29 is 19.0 Å². The maximum absolute atomic E-state index is 12.9. The molecule has 1 aliphatic rings. The molecule has 0 aromatic heterocycles. The van der Waals surface area contributed by atoms with Gasteiger partial charge in [0, 0.05) is 18.1 Å². The van der Waals surface area contributed by atoms with Crippen molar-refractivity contribution in [3.05, 3.63) is 53.1 Å². The molecule has 28 heavy (non-hydrogen) atoms. The van der Waals surface area contributed by atoms with E-state index in [1.54, 1.807) is 14.0 Å². The predicted octanol–water partition coefficient (Wildman–Crippen LogP) is 4.50. The third-order valence-corrected chi connectivity index (χ3v) is 5.01. The molecule has 1 N–H and O–H groups in total. The molecule has 3 rings (SSSR count). The molecule has 150 valence electrons. The van der Waals surface area contributed by atoms with Crippen molar-refractivity contribution in [1.82, 2.24) is 5.32 Å². The molecule has 0 unspecified atom stereocenters. The zero-order chi connectivity index (χ0) is 20.5. The Hall–Kier alpha value is -2.69. The zero-order valence-electron chi connectivity index (χ0n) is 17.5. The fraction of sp³-hybridized carbons (Fsp3) is 0.435. The van der Waals surface area contributed by atoms with Crippen molar-refractivity contribution in [3.63, 3.8) is 0 Å². The van der Waals surface area contributed by atoms with Gasteiger partial charge in [0.05, 0.1) is 13.2 Å². The molecule has 2 aromatic rings. The Bertz CT molecular complexity index is 875. The number of benzene rings is 2. The van der Waals surface area contributed by atoms with Crippen LogP contribution in [-0.4, -0.2) is 24.7 Å². The van der Waals surface area contributed by atoms with E-state index in [0.29, 0.717) is 6.42 Å². The molecule has 0 aliphatic carbocycles. The largest absolute Gasteiger partial charge is 0.497 e. The molecule has 1 amide bonds. The van der Waals surface area contributed by atoms with Crippen molar-refractivity contribution in [3.8, 4) is 17.2 Å². The molecular formula is C23H29NO4. The highest BCUT2D eigenvalue weighted by Crippen LogP contribution is 2.41. The molecule has 1 heterocycles. The number of hydrogen-bond donors (Lipinski definition) is 1. The van der Waals surface area contributed by atoms with Crippen molar-refractivity contribution in [2.45, 2.75) is 58.8 Å². The maximum Gasteiger partial charge on any atom is 0.261 e. The first kappa shape index (κ1) is 20.1. The third kappa shape index (κ3) is 4.41. The minimum absolute atomic E-state index is 0.148. The Labute approximate surface area is 167 Å². The van der Waals surface area contributed by atoms with Crippen molar-refractivity contribution >= 4 is 5.91 Å². The number of amides is 1. The first-order chi connectivity index (χ1) is 13.2. The number of methoxy groups -OCH3 is 1. The summed E-state index contributed by atoms with van der Waals surface area (Å²) in [6.07, 6.45) is 0.0713. The summed E-state index contributed by atoms with van der Waals surface area (Å²) in [5, 5.41) is 3.14.